The van der Waals surface area contributed by atoms with Gasteiger partial charge in [-0.1, -0.05) is 48.5 Å². The highest BCUT2D eigenvalue weighted by Crippen LogP contribution is 2.30. The SMILES string of the molecule is Cc1ncc(C)n2nc(/C=C/c3cn4c(n3)-c3ccccc3CC4)nc12.Cc1ncc(C)n2nc(CCc3cn4c(n3)-c3ccccc3CC4)nc12. The minimum absolute atomic E-state index is 0.663. The van der Waals surface area contributed by atoms with Crippen molar-refractivity contribution >= 4 is 23.4 Å². The molecule has 0 amide bonds. The van der Waals surface area contributed by atoms with Gasteiger partial charge in [0, 0.05) is 55.4 Å². The summed E-state index contributed by atoms with van der Waals surface area (Å²) >= 11 is 0. The third-order valence-electron chi connectivity index (χ3n) is 9.87. The minimum Gasteiger partial charge on any atom is -0.330 e. The fourth-order valence-corrected chi connectivity index (χ4v) is 7.10. The smallest absolute Gasteiger partial charge is 0.177 e. The molecule has 2 aliphatic rings. The van der Waals surface area contributed by atoms with E-state index in [0.29, 0.717) is 5.82 Å². The number of rotatable bonds is 5. The van der Waals surface area contributed by atoms with Gasteiger partial charge in [-0.15, -0.1) is 5.10 Å². The van der Waals surface area contributed by atoms with Gasteiger partial charge in [0.25, 0.3) is 0 Å². The number of imidazole rings is 2. The number of hydrogen-bond acceptors (Lipinski definition) is 8. The summed E-state index contributed by atoms with van der Waals surface area (Å²) in [4.78, 5) is 27.6. The molecule has 0 saturated heterocycles. The van der Waals surface area contributed by atoms with Crippen molar-refractivity contribution in [1.29, 1.82) is 0 Å². The molecule has 12 heteroatoms. The monoisotopic (exact) mass is 686 g/mol. The molecule has 8 aromatic rings. The molecule has 2 aliphatic heterocycles. The maximum Gasteiger partial charge on any atom is 0.177 e. The van der Waals surface area contributed by atoms with Gasteiger partial charge in [0.1, 0.15) is 11.6 Å². The number of aryl methyl sites for hydroxylation is 10. The Morgan fingerprint density at radius 2 is 1.21 bits per heavy atom. The molecule has 0 aliphatic carbocycles. The zero-order chi connectivity index (χ0) is 35.3. The molecule has 0 unspecified atom stereocenters. The fourth-order valence-electron chi connectivity index (χ4n) is 7.10. The number of aromatic nitrogens is 12. The van der Waals surface area contributed by atoms with E-state index in [9.17, 15) is 0 Å². The summed E-state index contributed by atoms with van der Waals surface area (Å²) in [6, 6.07) is 17.0. The maximum absolute atomic E-state index is 4.88. The van der Waals surface area contributed by atoms with Gasteiger partial charge in [0.2, 0.25) is 0 Å². The van der Waals surface area contributed by atoms with Crippen molar-refractivity contribution in [2.45, 2.75) is 66.5 Å². The van der Waals surface area contributed by atoms with Crippen LogP contribution in [-0.2, 0) is 38.8 Å². The molecule has 0 spiro atoms. The molecule has 8 heterocycles. The van der Waals surface area contributed by atoms with E-state index in [1.807, 2.05) is 61.3 Å². The van der Waals surface area contributed by atoms with Crippen LogP contribution in [0.25, 0.3) is 46.2 Å². The van der Waals surface area contributed by atoms with Gasteiger partial charge in [0.05, 0.1) is 34.2 Å². The normalized spacial score (nSPS) is 13.2. The van der Waals surface area contributed by atoms with Crippen LogP contribution in [0, 0.1) is 27.7 Å². The van der Waals surface area contributed by atoms with E-state index in [1.54, 1.807) is 0 Å². The van der Waals surface area contributed by atoms with Crippen molar-refractivity contribution in [2.24, 2.45) is 0 Å². The van der Waals surface area contributed by atoms with Gasteiger partial charge in [-0.05, 0) is 70.2 Å². The average molecular weight is 687 g/mol. The molecule has 10 rings (SSSR count). The lowest BCUT2D eigenvalue weighted by atomic mass is 10.0. The van der Waals surface area contributed by atoms with Crippen LogP contribution in [0.5, 0.6) is 0 Å². The second-order valence-corrected chi connectivity index (χ2v) is 13.5. The largest absolute Gasteiger partial charge is 0.330 e. The first kappa shape index (κ1) is 31.7. The van der Waals surface area contributed by atoms with E-state index in [1.165, 1.54) is 22.3 Å². The van der Waals surface area contributed by atoms with Crippen LogP contribution in [-0.4, -0.2) is 58.3 Å². The van der Waals surface area contributed by atoms with E-state index in [4.69, 9.17) is 9.97 Å². The van der Waals surface area contributed by atoms with Crippen LogP contribution in [0.15, 0.2) is 73.3 Å². The lowest BCUT2D eigenvalue weighted by Gasteiger charge is -2.17. The molecular formula is C40H38N12. The van der Waals surface area contributed by atoms with Gasteiger partial charge >= 0.3 is 0 Å². The highest BCUT2D eigenvalue weighted by Gasteiger charge is 2.20. The molecule has 0 bridgehead atoms. The lowest BCUT2D eigenvalue weighted by molar-refractivity contribution is 0.682. The summed E-state index contributed by atoms with van der Waals surface area (Å²) in [7, 11) is 0. The van der Waals surface area contributed by atoms with Gasteiger partial charge in [-0.2, -0.15) is 5.10 Å². The number of nitrogens with zero attached hydrogens (tertiary/aromatic N) is 12. The van der Waals surface area contributed by atoms with Crippen LogP contribution in [0.1, 0.15) is 56.9 Å². The van der Waals surface area contributed by atoms with Crippen molar-refractivity contribution < 1.29 is 0 Å². The summed E-state index contributed by atoms with van der Waals surface area (Å²) in [5.74, 6) is 3.62. The Balaban J connectivity index is 0.000000138. The first-order chi connectivity index (χ1) is 25.4. The predicted molar refractivity (Wildman–Crippen MR) is 200 cm³/mol. The average Bonchev–Trinajstić information content (AvgIpc) is 3.98. The summed E-state index contributed by atoms with van der Waals surface area (Å²) in [5, 5.41) is 9.19. The van der Waals surface area contributed by atoms with Gasteiger partial charge in [-0.3, -0.25) is 9.97 Å². The second kappa shape index (κ2) is 12.8. The van der Waals surface area contributed by atoms with Crippen LogP contribution in [0.3, 0.4) is 0 Å². The number of fused-ring (bicyclic) bond motifs is 8. The van der Waals surface area contributed by atoms with E-state index in [-0.39, 0.29) is 0 Å². The molecule has 0 N–H and O–H groups in total. The molecule has 12 nitrogen and oxygen atoms in total. The molecule has 2 aromatic carbocycles. The number of benzene rings is 2. The lowest BCUT2D eigenvalue weighted by Crippen LogP contribution is -2.09. The Hall–Kier alpha value is -6.30. The Morgan fingerprint density at radius 3 is 1.87 bits per heavy atom. The Bertz CT molecular complexity index is 2570. The molecular weight excluding hydrogens is 649 g/mol. The van der Waals surface area contributed by atoms with Crippen LogP contribution < -0.4 is 0 Å². The topological polar surface area (TPSA) is 122 Å². The summed E-state index contributed by atoms with van der Waals surface area (Å²) < 4.78 is 8.20. The molecule has 0 atom stereocenters. The first-order valence-electron chi connectivity index (χ1n) is 17.7. The fraction of sp³-hybridized carbons (Fsp3) is 0.250. The third-order valence-corrected chi connectivity index (χ3v) is 9.87. The van der Waals surface area contributed by atoms with Crippen molar-refractivity contribution in [1.82, 2.24) is 58.3 Å². The second-order valence-electron chi connectivity index (χ2n) is 13.5. The molecule has 0 radical (unpaired) electrons. The van der Waals surface area contributed by atoms with Crippen molar-refractivity contribution in [3.8, 4) is 22.8 Å². The number of hydrogen-bond donors (Lipinski definition) is 0. The molecule has 258 valence electrons. The predicted octanol–water partition coefficient (Wildman–Crippen LogP) is 6.28. The molecule has 0 fully saturated rings. The van der Waals surface area contributed by atoms with Gasteiger partial charge in [-0.25, -0.2) is 29.0 Å². The molecule has 0 saturated carbocycles. The van der Waals surface area contributed by atoms with Gasteiger partial charge in [0.15, 0.2) is 22.9 Å². The van der Waals surface area contributed by atoms with E-state index in [2.05, 4.69) is 100 Å². The summed E-state index contributed by atoms with van der Waals surface area (Å²) in [5.41, 5.74) is 12.6. The molecule has 52 heavy (non-hydrogen) atoms. The zero-order valence-corrected chi connectivity index (χ0v) is 29.7. The van der Waals surface area contributed by atoms with Crippen molar-refractivity contribution in [3.05, 3.63) is 130 Å². The van der Waals surface area contributed by atoms with E-state index >= 15 is 0 Å². The van der Waals surface area contributed by atoms with Crippen LogP contribution >= 0.6 is 0 Å². The van der Waals surface area contributed by atoms with E-state index < -0.39 is 0 Å². The van der Waals surface area contributed by atoms with Crippen LogP contribution in [0.4, 0.5) is 0 Å². The minimum atomic E-state index is 0.663. The Kier molecular flexibility index (Phi) is 7.79. The van der Waals surface area contributed by atoms with Crippen molar-refractivity contribution in [2.75, 3.05) is 0 Å². The van der Waals surface area contributed by atoms with Crippen LogP contribution in [0.2, 0.25) is 0 Å². The highest BCUT2D eigenvalue weighted by molar-refractivity contribution is 5.69. The highest BCUT2D eigenvalue weighted by atomic mass is 15.3. The standard InChI is InChI=1S/C20H20N6.C20H18N6/c2*1-13-11-21-14(2)19-23-18(24-26(13)19)8-7-16-12-25-10-9-15-5-3-4-6-17(15)20(25)22-16/h3-6,11-12H,7-10H2,1-2H3;3-8,11-12H,9-10H2,1-2H3/b;8-7+. The van der Waals surface area contributed by atoms with Gasteiger partial charge < -0.3 is 9.13 Å². The van der Waals surface area contributed by atoms with Crippen molar-refractivity contribution in [3.63, 3.8) is 0 Å². The summed E-state index contributed by atoms with van der Waals surface area (Å²) in [6.07, 6.45) is 15.5. The van der Waals surface area contributed by atoms with E-state index in [0.717, 1.165) is 102 Å². The third kappa shape index (κ3) is 5.75. The molecule has 6 aromatic heterocycles. The first-order valence-corrected chi connectivity index (χ1v) is 17.7. The zero-order valence-electron chi connectivity index (χ0n) is 29.7. The quantitative estimate of drug-likeness (QED) is 0.208. The summed E-state index contributed by atoms with van der Waals surface area (Å²) in [6.45, 7) is 9.84. The Morgan fingerprint density at radius 1 is 0.615 bits per heavy atom. The maximum atomic E-state index is 4.88. The Labute approximate surface area is 300 Å².